The summed E-state index contributed by atoms with van der Waals surface area (Å²) in [7, 11) is 1.64. The molecule has 0 aliphatic heterocycles. The number of hydrogen-bond acceptors (Lipinski definition) is 8. The Labute approximate surface area is 125 Å². The topological polar surface area (TPSA) is 95.6 Å². The van der Waals surface area contributed by atoms with Crippen LogP contribution in [-0.2, 0) is 9.47 Å². The number of nitrogen functional groups attached to an aromatic ring is 1. The quantitative estimate of drug-likeness (QED) is 0.597. The molecule has 1 heterocycles. The maximum absolute atomic E-state index is 5.68. The Hall–Kier alpha value is -1.67. The fourth-order valence-electron chi connectivity index (χ4n) is 1.64. The molecule has 1 aromatic heterocycles. The van der Waals surface area contributed by atoms with Gasteiger partial charge in [-0.25, -0.2) is 0 Å². The van der Waals surface area contributed by atoms with E-state index in [1.165, 1.54) is 0 Å². The molecule has 0 fully saturated rings. The Balaban J connectivity index is 2.41. The van der Waals surface area contributed by atoms with Crippen LogP contribution in [0.15, 0.2) is 0 Å². The summed E-state index contributed by atoms with van der Waals surface area (Å²) in [5.74, 6) is 0.706. The number of nitrogens with two attached hydrogens (primary N) is 1. The van der Waals surface area contributed by atoms with Gasteiger partial charge in [-0.2, -0.15) is 15.0 Å². The summed E-state index contributed by atoms with van der Waals surface area (Å²) in [6.45, 7) is 7.91. The Morgan fingerprint density at radius 1 is 1.00 bits per heavy atom. The minimum Gasteiger partial charge on any atom is -0.463 e. The van der Waals surface area contributed by atoms with Crippen molar-refractivity contribution in [3.63, 3.8) is 0 Å². The molecule has 120 valence electrons. The lowest BCUT2D eigenvalue weighted by molar-refractivity contribution is 0.0639. The third-order valence-electron chi connectivity index (χ3n) is 2.76. The Morgan fingerprint density at radius 2 is 1.76 bits per heavy atom. The van der Waals surface area contributed by atoms with E-state index in [4.69, 9.17) is 19.9 Å². The first kappa shape index (κ1) is 17.4. The summed E-state index contributed by atoms with van der Waals surface area (Å²) in [6, 6.07) is 0.251. The number of anilines is 2. The lowest BCUT2D eigenvalue weighted by atomic mass is 10.5. The molecule has 0 amide bonds. The maximum Gasteiger partial charge on any atom is 0.323 e. The zero-order valence-electron chi connectivity index (χ0n) is 13.0. The van der Waals surface area contributed by atoms with Crippen molar-refractivity contribution < 1.29 is 14.2 Å². The second-order valence-corrected chi connectivity index (χ2v) is 4.26. The molecule has 0 atom stereocenters. The van der Waals surface area contributed by atoms with Gasteiger partial charge < -0.3 is 24.8 Å². The summed E-state index contributed by atoms with van der Waals surface area (Å²) >= 11 is 0. The number of nitrogens with zero attached hydrogens (tertiary/aromatic N) is 4. The number of rotatable bonds is 11. The second-order valence-electron chi connectivity index (χ2n) is 4.26. The van der Waals surface area contributed by atoms with Gasteiger partial charge in [0.1, 0.15) is 0 Å². The van der Waals surface area contributed by atoms with Gasteiger partial charge in [-0.3, -0.25) is 0 Å². The highest BCUT2D eigenvalue weighted by Gasteiger charge is 2.10. The van der Waals surface area contributed by atoms with E-state index < -0.39 is 0 Å². The van der Waals surface area contributed by atoms with E-state index in [1.54, 1.807) is 7.11 Å². The van der Waals surface area contributed by atoms with Crippen LogP contribution in [-0.4, -0.2) is 61.6 Å². The van der Waals surface area contributed by atoms with Crippen LogP contribution >= 0.6 is 0 Å². The normalized spacial score (nSPS) is 10.6. The SMILES string of the molecule is CCN(CC)c1nc(N)nc(OCCCOCCOC)n1. The summed E-state index contributed by atoms with van der Waals surface area (Å²) < 4.78 is 15.7. The third kappa shape index (κ3) is 6.54. The predicted molar refractivity (Wildman–Crippen MR) is 80.6 cm³/mol. The van der Waals surface area contributed by atoms with Crippen LogP contribution in [0.2, 0.25) is 0 Å². The highest BCUT2D eigenvalue weighted by atomic mass is 16.5. The molecular weight excluding hydrogens is 274 g/mol. The van der Waals surface area contributed by atoms with Gasteiger partial charge in [0.25, 0.3) is 0 Å². The van der Waals surface area contributed by atoms with Crippen molar-refractivity contribution in [3.05, 3.63) is 0 Å². The zero-order valence-corrected chi connectivity index (χ0v) is 13.0. The van der Waals surface area contributed by atoms with Crippen LogP contribution in [0.1, 0.15) is 20.3 Å². The number of hydrogen-bond donors (Lipinski definition) is 1. The van der Waals surface area contributed by atoms with Gasteiger partial charge in [-0.15, -0.1) is 0 Å². The van der Waals surface area contributed by atoms with Gasteiger partial charge in [0.15, 0.2) is 0 Å². The summed E-state index contributed by atoms with van der Waals surface area (Å²) in [6.07, 6.45) is 0.746. The van der Waals surface area contributed by atoms with Gasteiger partial charge in [0.2, 0.25) is 11.9 Å². The minimum absolute atomic E-state index is 0.165. The van der Waals surface area contributed by atoms with Crippen LogP contribution < -0.4 is 15.4 Å². The molecule has 0 aromatic carbocycles. The summed E-state index contributed by atoms with van der Waals surface area (Å²) in [5, 5.41) is 0. The molecule has 0 aliphatic rings. The molecule has 0 aliphatic carbocycles. The summed E-state index contributed by atoms with van der Waals surface area (Å²) in [5.41, 5.74) is 5.68. The lowest BCUT2D eigenvalue weighted by Gasteiger charge is -2.18. The van der Waals surface area contributed by atoms with Crippen molar-refractivity contribution in [1.82, 2.24) is 15.0 Å². The largest absolute Gasteiger partial charge is 0.463 e. The number of aromatic nitrogens is 3. The highest BCUT2D eigenvalue weighted by molar-refractivity contribution is 5.35. The molecule has 8 nitrogen and oxygen atoms in total. The van der Waals surface area contributed by atoms with E-state index in [-0.39, 0.29) is 12.0 Å². The first-order valence-electron chi connectivity index (χ1n) is 7.17. The van der Waals surface area contributed by atoms with Crippen LogP contribution in [0, 0.1) is 0 Å². The smallest absolute Gasteiger partial charge is 0.323 e. The molecule has 0 unspecified atom stereocenters. The average Bonchev–Trinajstić information content (AvgIpc) is 2.47. The van der Waals surface area contributed by atoms with Crippen molar-refractivity contribution in [2.75, 3.05) is 57.3 Å². The molecule has 21 heavy (non-hydrogen) atoms. The zero-order chi connectivity index (χ0) is 15.5. The molecule has 8 heteroatoms. The molecule has 0 bridgehead atoms. The van der Waals surface area contributed by atoms with Gasteiger partial charge in [-0.1, -0.05) is 0 Å². The van der Waals surface area contributed by atoms with Gasteiger partial charge in [-0.05, 0) is 13.8 Å². The monoisotopic (exact) mass is 299 g/mol. The molecule has 1 aromatic rings. The lowest BCUT2D eigenvalue weighted by Crippen LogP contribution is -2.25. The van der Waals surface area contributed by atoms with Crippen molar-refractivity contribution >= 4 is 11.9 Å². The number of methoxy groups -OCH3 is 1. The van der Waals surface area contributed by atoms with Crippen molar-refractivity contribution in [1.29, 1.82) is 0 Å². The molecule has 0 saturated carbocycles. The van der Waals surface area contributed by atoms with E-state index in [2.05, 4.69) is 15.0 Å². The van der Waals surface area contributed by atoms with Crippen LogP contribution in [0.25, 0.3) is 0 Å². The molecular formula is C13H25N5O3. The average molecular weight is 299 g/mol. The van der Waals surface area contributed by atoms with Crippen LogP contribution in [0.5, 0.6) is 6.01 Å². The Bertz CT molecular complexity index is 401. The van der Waals surface area contributed by atoms with Crippen LogP contribution in [0.4, 0.5) is 11.9 Å². The van der Waals surface area contributed by atoms with Crippen molar-refractivity contribution in [2.24, 2.45) is 0 Å². The molecule has 0 saturated heterocycles. The fraction of sp³-hybridized carbons (Fsp3) is 0.769. The predicted octanol–water partition coefficient (Wildman–Crippen LogP) is 0.732. The Kier molecular flexibility index (Phi) is 8.37. The number of ether oxygens (including phenoxy) is 3. The van der Waals surface area contributed by atoms with Gasteiger partial charge in [0.05, 0.1) is 19.8 Å². The molecule has 1 rings (SSSR count). The van der Waals surface area contributed by atoms with Crippen molar-refractivity contribution in [3.8, 4) is 6.01 Å². The minimum atomic E-state index is 0.165. The van der Waals surface area contributed by atoms with E-state index >= 15 is 0 Å². The first-order chi connectivity index (χ1) is 10.2. The third-order valence-corrected chi connectivity index (χ3v) is 2.76. The van der Waals surface area contributed by atoms with E-state index in [0.717, 1.165) is 19.5 Å². The standard InChI is InChI=1S/C13H25N5O3/c1-4-18(5-2)12-15-11(14)16-13(17-12)21-8-6-7-20-10-9-19-3/h4-10H2,1-3H3,(H2,14,15,16,17). The molecule has 0 radical (unpaired) electrons. The highest BCUT2D eigenvalue weighted by Crippen LogP contribution is 2.13. The maximum atomic E-state index is 5.68. The second kappa shape index (κ2) is 10.1. The van der Waals surface area contributed by atoms with Gasteiger partial charge in [0, 0.05) is 33.2 Å². The van der Waals surface area contributed by atoms with E-state index in [9.17, 15) is 0 Å². The Morgan fingerprint density at radius 3 is 2.43 bits per heavy atom. The summed E-state index contributed by atoms with van der Waals surface area (Å²) in [4.78, 5) is 14.3. The van der Waals surface area contributed by atoms with E-state index in [0.29, 0.717) is 32.4 Å². The fourth-order valence-corrected chi connectivity index (χ4v) is 1.64. The molecule has 2 N–H and O–H groups in total. The van der Waals surface area contributed by atoms with Crippen molar-refractivity contribution in [2.45, 2.75) is 20.3 Å². The van der Waals surface area contributed by atoms with E-state index in [1.807, 2.05) is 18.7 Å². The van der Waals surface area contributed by atoms with Crippen LogP contribution in [0.3, 0.4) is 0 Å². The first-order valence-corrected chi connectivity index (χ1v) is 7.17. The molecule has 0 spiro atoms. The van der Waals surface area contributed by atoms with Gasteiger partial charge >= 0.3 is 6.01 Å².